The van der Waals surface area contributed by atoms with Crippen molar-refractivity contribution in [3.05, 3.63) is 46.3 Å². The Morgan fingerprint density at radius 2 is 2.26 bits per heavy atom. The van der Waals surface area contributed by atoms with E-state index in [0.717, 1.165) is 24.6 Å². The quantitative estimate of drug-likeness (QED) is 0.604. The summed E-state index contributed by atoms with van der Waals surface area (Å²) in [5.41, 5.74) is 2.32. The lowest BCUT2D eigenvalue weighted by molar-refractivity contribution is 0.392. The Hall–Kier alpha value is -2.08. The molecule has 5 nitrogen and oxygen atoms in total. The smallest absolute Gasteiger partial charge is 0.218 e. The SMILES string of the molecule is CCNC(=NCc1cccnc1OC)NCC(C)c1ccsc1. The molecule has 2 aromatic rings. The highest BCUT2D eigenvalue weighted by Crippen LogP contribution is 2.17. The van der Waals surface area contributed by atoms with Crippen LogP contribution < -0.4 is 15.4 Å². The number of nitrogens with zero attached hydrogens (tertiary/aromatic N) is 2. The van der Waals surface area contributed by atoms with Crippen LogP contribution in [0.3, 0.4) is 0 Å². The number of nitrogens with one attached hydrogen (secondary N) is 2. The topological polar surface area (TPSA) is 58.5 Å². The predicted molar refractivity (Wildman–Crippen MR) is 96.3 cm³/mol. The number of hydrogen-bond donors (Lipinski definition) is 2. The number of methoxy groups -OCH3 is 1. The molecule has 0 amide bonds. The Bertz CT molecular complexity index is 613. The second kappa shape index (κ2) is 9.15. The third-order valence-electron chi connectivity index (χ3n) is 3.48. The average Bonchev–Trinajstić information content (AvgIpc) is 3.12. The first-order valence-electron chi connectivity index (χ1n) is 7.76. The zero-order chi connectivity index (χ0) is 16.5. The van der Waals surface area contributed by atoms with Gasteiger partial charge in [-0.3, -0.25) is 0 Å². The van der Waals surface area contributed by atoms with Gasteiger partial charge in [0, 0.05) is 24.8 Å². The zero-order valence-corrected chi connectivity index (χ0v) is 14.7. The molecular weight excluding hydrogens is 308 g/mol. The minimum absolute atomic E-state index is 0.443. The van der Waals surface area contributed by atoms with E-state index in [1.165, 1.54) is 5.56 Å². The molecular formula is C17H24N4OS. The van der Waals surface area contributed by atoms with Crippen molar-refractivity contribution in [3.8, 4) is 5.88 Å². The molecule has 0 aliphatic heterocycles. The zero-order valence-electron chi connectivity index (χ0n) is 13.9. The van der Waals surface area contributed by atoms with E-state index in [4.69, 9.17) is 4.74 Å². The molecule has 0 aliphatic carbocycles. The summed E-state index contributed by atoms with van der Waals surface area (Å²) in [6.07, 6.45) is 1.72. The maximum absolute atomic E-state index is 5.26. The minimum Gasteiger partial charge on any atom is -0.481 e. The van der Waals surface area contributed by atoms with E-state index in [1.807, 2.05) is 12.1 Å². The van der Waals surface area contributed by atoms with Crippen LogP contribution in [0.15, 0.2) is 40.1 Å². The van der Waals surface area contributed by atoms with Gasteiger partial charge in [0.1, 0.15) is 0 Å². The molecule has 0 saturated carbocycles. The summed E-state index contributed by atoms with van der Waals surface area (Å²) in [4.78, 5) is 8.82. The van der Waals surface area contributed by atoms with Crippen LogP contribution in [0.25, 0.3) is 0 Å². The Balaban J connectivity index is 1.97. The molecule has 0 aromatic carbocycles. The number of ether oxygens (including phenoxy) is 1. The monoisotopic (exact) mass is 332 g/mol. The molecule has 1 unspecified atom stereocenters. The summed E-state index contributed by atoms with van der Waals surface area (Å²) in [6, 6.07) is 6.04. The maximum atomic E-state index is 5.26. The fraction of sp³-hybridized carbons (Fsp3) is 0.412. The van der Waals surface area contributed by atoms with Crippen LogP contribution in [0.1, 0.15) is 30.9 Å². The second-order valence-corrected chi connectivity index (χ2v) is 5.99. The lowest BCUT2D eigenvalue weighted by Gasteiger charge is -2.15. The molecule has 0 fully saturated rings. The van der Waals surface area contributed by atoms with E-state index in [1.54, 1.807) is 24.6 Å². The van der Waals surface area contributed by atoms with Crippen molar-refractivity contribution in [2.24, 2.45) is 4.99 Å². The van der Waals surface area contributed by atoms with Crippen molar-refractivity contribution >= 4 is 17.3 Å². The lowest BCUT2D eigenvalue weighted by atomic mass is 10.1. The molecule has 2 rings (SSSR count). The van der Waals surface area contributed by atoms with Gasteiger partial charge >= 0.3 is 0 Å². The largest absolute Gasteiger partial charge is 0.481 e. The van der Waals surface area contributed by atoms with Gasteiger partial charge in [0.25, 0.3) is 0 Å². The number of thiophene rings is 1. The van der Waals surface area contributed by atoms with Gasteiger partial charge in [-0.15, -0.1) is 0 Å². The summed E-state index contributed by atoms with van der Waals surface area (Å²) < 4.78 is 5.26. The first kappa shape index (κ1) is 17.3. The molecule has 2 N–H and O–H groups in total. The van der Waals surface area contributed by atoms with Crippen molar-refractivity contribution in [3.63, 3.8) is 0 Å². The van der Waals surface area contributed by atoms with Crippen LogP contribution in [0, 0.1) is 0 Å². The molecule has 0 bridgehead atoms. The Morgan fingerprint density at radius 3 is 2.96 bits per heavy atom. The third kappa shape index (κ3) is 5.25. The van der Waals surface area contributed by atoms with Crippen LogP contribution in [0.2, 0.25) is 0 Å². The molecule has 1 atom stereocenters. The van der Waals surface area contributed by atoms with E-state index in [2.05, 4.69) is 51.3 Å². The van der Waals surface area contributed by atoms with Crippen LogP contribution in [0.5, 0.6) is 5.88 Å². The van der Waals surface area contributed by atoms with Gasteiger partial charge in [0.15, 0.2) is 5.96 Å². The number of guanidine groups is 1. The number of pyridine rings is 1. The molecule has 0 aliphatic rings. The van der Waals surface area contributed by atoms with Crippen molar-refractivity contribution in [1.82, 2.24) is 15.6 Å². The molecule has 0 saturated heterocycles. The van der Waals surface area contributed by atoms with Gasteiger partial charge in [-0.1, -0.05) is 13.0 Å². The Kier molecular flexibility index (Phi) is 6.87. The first-order valence-corrected chi connectivity index (χ1v) is 8.71. The highest BCUT2D eigenvalue weighted by atomic mass is 32.1. The Morgan fingerprint density at radius 1 is 1.39 bits per heavy atom. The van der Waals surface area contributed by atoms with Crippen molar-refractivity contribution < 1.29 is 4.74 Å². The highest BCUT2D eigenvalue weighted by molar-refractivity contribution is 7.07. The minimum atomic E-state index is 0.443. The molecule has 0 radical (unpaired) electrons. The van der Waals surface area contributed by atoms with E-state index in [0.29, 0.717) is 18.3 Å². The van der Waals surface area contributed by atoms with Gasteiger partial charge in [0.2, 0.25) is 5.88 Å². The standard InChI is InChI=1S/C17H24N4OS/c1-4-18-17(20-10-13(2)15-7-9-23-12-15)21-11-14-6-5-8-19-16(14)22-3/h5-9,12-13H,4,10-11H2,1-3H3,(H2,18,20,21). The van der Waals surface area contributed by atoms with Crippen LogP contribution in [0.4, 0.5) is 0 Å². The summed E-state index contributed by atoms with van der Waals surface area (Å²) in [7, 11) is 1.63. The fourth-order valence-electron chi connectivity index (χ4n) is 2.16. The lowest BCUT2D eigenvalue weighted by Crippen LogP contribution is -2.39. The van der Waals surface area contributed by atoms with Gasteiger partial charge in [-0.2, -0.15) is 11.3 Å². The van der Waals surface area contributed by atoms with Crippen LogP contribution in [-0.4, -0.2) is 31.1 Å². The van der Waals surface area contributed by atoms with E-state index < -0.39 is 0 Å². The normalized spacial score (nSPS) is 12.7. The average molecular weight is 332 g/mol. The second-order valence-electron chi connectivity index (χ2n) is 5.21. The summed E-state index contributed by atoms with van der Waals surface area (Å²) in [6.45, 7) is 6.46. The summed E-state index contributed by atoms with van der Waals surface area (Å²) >= 11 is 1.73. The maximum Gasteiger partial charge on any atom is 0.218 e. The van der Waals surface area contributed by atoms with Crippen molar-refractivity contribution in [2.45, 2.75) is 26.3 Å². The number of aliphatic imine (C=N–C) groups is 1. The predicted octanol–water partition coefficient (Wildman–Crippen LogP) is 3.01. The van der Waals surface area contributed by atoms with Gasteiger partial charge in [-0.25, -0.2) is 9.98 Å². The number of aromatic nitrogens is 1. The van der Waals surface area contributed by atoms with Crippen molar-refractivity contribution in [1.29, 1.82) is 0 Å². The Labute approximate surface area is 141 Å². The summed E-state index contributed by atoms with van der Waals surface area (Å²) in [5.74, 6) is 1.87. The molecule has 23 heavy (non-hydrogen) atoms. The van der Waals surface area contributed by atoms with Crippen molar-refractivity contribution in [2.75, 3.05) is 20.2 Å². The van der Waals surface area contributed by atoms with E-state index >= 15 is 0 Å². The molecule has 0 spiro atoms. The molecule has 2 aromatic heterocycles. The summed E-state index contributed by atoms with van der Waals surface area (Å²) in [5, 5.41) is 11.0. The number of hydrogen-bond acceptors (Lipinski definition) is 4. The van der Waals surface area contributed by atoms with Crippen LogP contribution in [-0.2, 0) is 6.54 Å². The molecule has 124 valence electrons. The van der Waals surface area contributed by atoms with Gasteiger partial charge < -0.3 is 15.4 Å². The van der Waals surface area contributed by atoms with E-state index in [-0.39, 0.29) is 0 Å². The van der Waals surface area contributed by atoms with Gasteiger partial charge in [0.05, 0.1) is 13.7 Å². The molecule has 6 heteroatoms. The fourth-order valence-corrected chi connectivity index (χ4v) is 2.94. The third-order valence-corrected chi connectivity index (χ3v) is 4.18. The molecule has 2 heterocycles. The van der Waals surface area contributed by atoms with E-state index in [9.17, 15) is 0 Å². The van der Waals surface area contributed by atoms with Gasteiger partial charge in [-0.05, 0) is 41.3 Å². The first-order chi connectivity index (χ1) is 11.2. The van der Waals surface area contributed by atoms with Crippen LogP contribution >= 0.6 is 11.3 Å². The highest BCUT2D eigenvalue weighted by Gasteiger charge is 2.08. The number of rotatable bonds is 7.